The Balaban J connectivity index is 1.50. The van der Waals surface area contributed by atoms with E-state index in [1.54, 1.807) is 0 Å². The van der Waals surface area contributed by atoms with E-state index >= 15 is 0 Å². The van der Waals surface area contributed by atoms with Crippen LogP contribution in [0, 0.1) is 20.8 Å². The summed E-state index contributed by atoms with van der Waals surface area (Å²) in [6.45, 7) is 8.59. The molecule has 6 nitrogen and oxygen atoms in total. The van der Waals surface area contributed by atoms with Gasteiger partial charge in [0.05, 0.1) is 5.92 Å². The summed E-state index contributed by atoms with van der Waals surface area (Å²) in [5.41, 5.74) is 2.24. The number of aliphatic hydroxyl groups excluding tert-OH is 1. The molecule has 1 saturated heterocycles. The van der Waals surface area contributed by atoms with Gasteiger partial charge >= 0.3 is 0 Å². The predicted octanol–water partition coefficient (Wildman–Crippen LogP) is 2.61. The van der Waals surface area contributed by atoms with E-state index in [0.29, 0.717) is 24.9 Å². The van der Waals surface area contributed by atoms with Crippen LogP contribution in [0.15, 0.2) is 22.7 Å². The van der Waals surface area contributed by atoms with Gasteiger partial charge in [-0.15, -0.1) is 0 Å². The second kappa shape index (κ2) is 7.97. The number of rotatable bonds is 6. The van der Waals surface area contributed by atoms with Crippen molar-refractivity contribution < 1.29 is 14.4 Å². The molecule has 1 aromatic carbocycles. The molecule has 0 amide bonds. The molecule has 1 N–H and O–H groups in total. The van der Waals surface area contributed by atoms with Crippen molar-refractivity contribution in [1.82, 2.24) is 15.0 Å². The number of hydrogen-bond donors (Lipinski definition) is 1. The molecular formula is C19H27N3O3. The van der Waals surface area contributed by atoms with Gasteiger partial charge in [0.2, 0.25) is 5.89 Å². The lowest BCUT2D eigenvalue weighted by atomic mass is 9.97. The fraction of sp³-hybridized carbons (Fsp3) is 0.579. The Bertz CT molecular complexity index is 701. The monoisotopic (exact) mass is 345 g/mol. The van der Waals surface area contributed by atoms with Crippen LogP contribution >= 0.6 is 0 Å². The van der Waals surface area contributed by atoms with E-state index in [2.05, 4.69) is 21.1 Å². The lowest BCUT2D eigenvalue weighted by Crippen LogP contribution is -2.41. The number of likely N-dealkylation sites (tertiary alicyclic amines) is 1. The molecule has 0 aliphatic carbocycles. The zero-order chi connectivity index (χ0) is 17.8. The summed E-state index contributed by atoms with van der Waals surface area (Å²) in [6, 6.07) is 6.11. The maximum absolute atomic E-state index is 10.4. The highest BCUT2D eigenvalue weighted by atomic mass is 16.5. The SMILES string of the molecule is Cc1ccc(C)c(OCC(O)CN2CCCC(c3nc(C)no3)C2)c1. The lowest BCUT2D eigenvalue weighted by Gasteiger charge is -2.32. The van der Waals surface area contributed by atoms with Crippen molar-refractivity contribution in [2.45, 2.75) is 45.6 Å². The van der Waals surface area contributed by atoms with E-state index in [-0.39, 0.29) is 5.92 Å². The van der Waals surface area contributed by atoms with Crippen LogP contribution in [0.2, 0.25) is 0 Å². The Morgan fingerprint density at radius 2 is 2.20 bits per heavy atom. The normalized spacial score (nSPS) is 19.8. The highest BCUT2D eigenvalue weighted by Crippen LogP contribution is 2.26. The average Bonchev–Trinajstić information content (AvgIpc) is 3.02. The number of aromatic nitrogens is 2. The van der Waals surface area contributed by atoms with Crippen molar-refractivity contribution in [2.75, 3.05) is 26.2 Å². The zero-order valence-electron chi connectivity index (χ0n) is 15.2. The third-order valence-electron chi connectivity index (χ3n) is 4.64. The fourth-order valence-corrected chi connectivity index (χ4v) is 3.30. The topological polar surface area (TPSA) is 71.6 Å². The van der Waals surface area contributed by atoms with Gasteiger partial charge in [-0.05, 0) is 57.4 Å². The average molecular weight is 345 g/mol. The molecule has 1 aliphatic rings. The van der Waals surface area contributed by atoms with Gasteiger partial charge in [0.25, 0.3) is 0 Å². The number of piperidine rings is 1. The second-order valence-electron chi connectivity index (χ2n) is 7.01. The van der Waals surface area contributed by atoms with Crippen LogP contribution in [0.3, 0.4) is 0 Å². The van der Waals surface area contributed by atoms with Gasteiger partial charge in [-0.1, -0.05) is 17.3 Å². The molecule has 1 fully saturated rings. The molecule has 2 unspecified atom stereocenters. The molecule has 1 aliphatic heterocycles. The Hall–Kier alpha value is -1.92. The number of benzene rings is 1. The van der Waals surface area contributed by atoms with Crippen LogP contribution in [0.5, 0.6) is 5.75 Å². The highest BCUT2D eigenvalue weighted by Gasteiger charge is 2.26. The number of aliphatic hydroxyl groups is 1. The standard InChI is InChI=1S/C19H27N3O3/c1-13-6-7-14(2)18(9-13)24-12-17(23)11-22-8-4-5-16(10-22)19-20-15(3)21-25-19/h6-7,9,16-17,23H,4-5,8,10-12H2,1-3H3. The van der Waals surface area contributed by atoms with E-state index in [0.717, 1.165) is 42.8 Å². The molecular weight excluding hydrogens is 318 g/mol. The maximum atomic E-state index is 10.4. The molecule has 2 atom stereocenters. The second-order valence-corrected chi connectivity index (χ2v) is 7.01. The Morgan fingerprint density at radius 1 is 1.36 bits per heavy atom. The molecule has 6 heteroatoms. The smallest absolute Gasteiger partial charge is 0.231 e. The number of ether oxygens (including phenoxy) is 1. The summed E-state index contributed by atoms with van der Waals surface area (Å²) in [5.74, 6) is 2.48. The number of aryl methyl sites for hydroxylation is 3. The molecule has 0 bridgehead atoms. The molecule has 2 aromatic rings. The van der Waals surface area contributed by atoms with E-state index in [4.69, 9.17) is 9.26 Å². The summed E-state index contributed by atoms with van der Waals surface area (Å²) in [7, 11) is 0. The zero-order valence-corrected chi connectivity index (χ0v) is 15.2. The van der Waals surface area contributed by atoms with E-state index in [1.807, 2.05) is 32.9 Å². The van der Waals surface area contributed by atoms with Crippen molar-refractivity contribution >= 4 is 0 Å². The summed E-state index contributed by atoms with van der Waals surface area (Å²) < 4.78 is 11.1. The minimum atomic E-state index is -0.525. The van der Waals surface area contributed by atoms with Crippen LogP contribution in [0.25, 0.3) is 0 Å². The Labute approximate surface area is 148 Å². The van der Waals surface area contributed by atoms with Crippen LogP contribution < -0.4 is 4.74 Å². The summed E-state index contributed by atoms with van der Waals surface area (Å²) in [6.07, 6.45) is 1.59. The van der Waals surface area contributed by atoms with Gasteiger partial charge in [0.1, 0.15) is 18.5 Å². The van der Waals surface area contributed by atoms with Gasteiger partial charge in [-0.3, -0.25) is 4.90 Å². The quantitative estimate of drug-likeness (QED) is 0.868. The van der Waals surface area contributed by atoms with Crippen LogP contribution in [-0.4, -0.2) is 52.5 Å². The first-order valence-electron chi connectivity index (χ1n) is 8.92. The van der Waals surface area contributed by atoms with Crippen molar-refractivity contribution in [3.8, 4) is 5.75 Å². The predicted molar refractivity (Wildman–Crippen MR) is 94.9 cm³/mol. The molecule has 136 valence electrons. The van der Waals surface area contributed by atoms with Crippen molar-refractivity contribution in [2.24, 2.45) is 0 Å². The molecule has 25 heavy (non-hydrogen) atoms. The van der Waals surface area contributed by atoms with Crippen LogP contribution in [-0.2, 0) is 0 Å². The van der Waals surface area contributed by atoms with Crippen LogP contribution in [0.1, 0.15) is 41.6 Å². The third kappa shape index (κ3) is 4.80. The summed E-state index contributed by atoms with van der Waals surface area (Å²) in [4.78, 5) is 6.61. The van der Waals surface area contributed by atoms with Crippen molar-refractivity contribution in [3.05, 3.63) is 41.0 Å². The molecule has 0 radical (unpaired) electrons. The molecule has 2 heterocycles. The van der Waals surface area contributed by atoms with Crippen molar-refractivity contribution in [3.63, 3.8) is 0 Å². The van der Waals surface area contributed by atoms with E-state index < -0.39 is 6.10 Å². The largest absolute Gasteiger partial charge is 0.491 e. The lowest BCUT2D eigenvalue weighted by molar-refractivity contribution is 0.0559. The maximum Gasteiger partial charge on any atom is 0.231 e. The van der Waals surface area contributed by atoms with Gasteiger partial charge in [0, 0.05) is 13.1 Å². The van der Waals surface area contributed by atoms with E-state index in [9.17, 15) is 5.11 Å². The highest BCUT2D eigenvalue weighted by molar-refractivity contribution is 5.35. The van der Waals surface area contributed by atoms with E-state index in [1.165, 1.54) is 0 Å². The number of β-amino-alcohol motifs (C(OH)–C–C–N with tert-alkyl or cyclic N) is 1. The Kier molecular flexibility index (Phi) is 5.71. The first kappa shape index (κ1) is 17.9. The summed E-state index contributed by atoms with van der Waals surface area (Å²) >= 11 is 0. The van der Waals surface area contributed by atoms with Gasteiger partial charge in [-0.2, -0.15) is 4.98 Å². The minimum Gasteiger partial charge on any atom is -0.491 e. The molecule has 0 spiro atoms. The summed E-state index contributed by atoms with van der Waals surface area (Å²) in [5, 5.41) is 14.2. The van der Waals surface area contributed by atoms with Gasteiger partial charge < -0.3 is 14.4 Å². The fourth-order valence-electron chi connectivity index (χ4n) is 3.30. The first-order valence-corrected chi connectivity index (χ1v) is 8.92. The van der Waals surface area contributed by atoms with Gasteiger partial charge in [-0.25, -0.2) is 0 Å². The number of nitrogens with zero attached hydrogens (tertiary/aromatic N) is 3. The number of hydrogen-bond acceptors (Lipinski definition) is 6. The minimum absolute atomic E-state index is 0.252. The third-order valence-corrected chi connectivity index (χ3v) is 4.64. The Morgan fingerprint density at radius 3 is 2.96 bits per heavy atom. The first-order chi connectivity index (χ1) is 12.0. The van der Waals surface area contributed by atoms with Crippen molar-refractivity contribution in [1.29, 1.82) is 0 Å². The molecule has 3 rings (SSSR count). The molecule has 0 saturated carbocycles. The van der Waals surface area contributed by atoms with Crippen LogP contribution in [0.4, 0.5) is 0 Å². The van der Waals surface area contributed by atoms with Gasteiger partial charge in [0.15, 0.2) is 5.82 Å². The molecule has 1 aromatic heterocycles.